The third-order valence-electron chi connectivity index (χ3n) is 4.96. The fourth-order valence-corrected chi connectivity index (χ4v) is 4.83. The van der Waals surface area contributed by atoms with Crippen LogP contribution in [-0.4, -0.2) is 50.1 Å². The summed E-state index contributed by atoms with van der Waals surface area (Å²) in [5.74, 6) is -0.845. The number of ether oxygens (including phenoxy) is 2. The van der Waals surface area contributed by atoms with Gasteiger partial charge in [-0.05, 0) is 40.6 Å². The molecule has 0 spiro atoms. The van der Waals surface area contributed by atoms with E-state index < -0.39 is 16.0 Å². The number of carbonyl (C=O) groups is 1. The van der Waals surface area contributed by atoms with Gasteiger partial charge < -0.3 is 14.6 Å². The molecule has 3 aromatic rings. The molecule has 3 aromatic carbocycles. The number of carbonyl (C=O) groups excluding carboxylic acids is 1. The zero-order chi connectivity index (χ0) is 21.1. The van der Waals surface area contributed by atoms with Crippen molar-refractivity contribution in [1.29, 1.82) is 0 Å². The van der Waals surface area contributed by atoms with Crippen LogP contribution in [-0.2, 0) is 26.1 Å². The maximum atomic E-state index is 12.8. The van der Waals surface area contributed by atoms with E-state index in [-0.39, 0.29) is 22.8 Å². The van der Waals surface area contributed by atoms with Gasteiger partial charge in [-0.2, -0.15) is 4.31 Å². The first kappa shape index (κ1) is 20.3. The summed E-state index contributed by atoms with van der Waals surface area (Å²) in [6.07, 6.45) is 0. The molecule has 0 bridgehead atoms. The van der Waals surface area contributed by atoms with E-state index in [1.807, 2.05) is 24.3 Å². The highest BCUT2D eigenvalue weighted by molar-refractivity contribution is 7.89. The molecule has 0 aromatic heterocycles. The van der Waals surface area contributed by atoms with Crippen LogP contribution >= 0.6 is 0 Å². The minimum absolute atomic E-state index is 0.0609. The number of hydrogen-bond donors (Lipinski definition) is 1. The number of morpholine rings is 1. The van der Waals surface area contributed by atoms with Gasteiger partial charge in [-0.1, -0.05) is 36.4 Å². The number of rotatable bonds is 5. The SMILES string of the molecule is O=C(OCc1cccc(S(=O)(=O)N2CCOCC2)c1)c1cc2ccccc2cc1O. The zero-order valence-electron chi connectivity index (χ0n) is 16.2. The van der Waals surface area contributed by atoms with Gasteiger partial charge >= 0.3 is 5.97 Å². The van der Waals surface area contributed by atoms with Gasteiger partial charge in [0.05, 0.1) is 18.1 Å². The zero-order valence-corrected chi connectivity index (χ0v) is 17.0. The number of nitrogens with zero attached hydrogens (tertiary/aromatic N) is 1. The predicted molar refractivity (Wildman–Crippen MR) is 111 cm³/mol. The first-order chi connectivity index (χ1) is 14.4. The van der Waals surface area contributed by atoms with E-state index >= 15 is 0 Å². The van der Waals surface area contributed by atoms with E-state index in [4.69, 9.17) is 9.47 Å². The van der Waals surface area contributed by atoms with E-state index in [0.29, 0.717) is 31.9 Å². The summed E-state index contributed by atoms with van der Waals surface area (Å²) in [5, 5.41) is 11.8. The fourth-order valence-electron chi connectivity index (χ4n) is 3.35. The standard InChI is InChI=1S/C22H21NO6S/c24-21-14-18-6-2-1-5-17(18)13-20(21)22(25)29-15-16-4-3-7-19(12-16)30(26,27)23-8-10-28-11-9-23/h1-7,12-14,24H,8-11,15H2. The minimum Gasteiger partial charge on any atom is -0.507 e. The third kappa shape index (κ3) is 4.16. The van der Waals surface area contributed by atoms with E-state index in [9.17, 15) is 18.3 Å². The van der Waals surface area contributed by atoms with E-state index in [2.05, 4.69) is 0 Å². The average molecular weight is 427 g/mol. The molecule has 0 amide bonds. The molecule has 1 saturated heterocycles. The Bertz CT molecular complexity index is 1190. The van der Waals surface area contributed by atoms with Crippen LogP contribution in [0.3, 0.4) is 0 Å². The van der Waals surface area contributed by atoms with Gasteiger partial charge in [0.2, 0.25) is 10.0 Å². The Hall–Kier alpha value is -2.94. The maximum Gasteiger partial charge on any atom is 0.342 e. The summed E-state index contributed by atoms with van der Waals surface area (Å²) in [6, 6.07) is 16.8. The molecular weight excluding hydrogens is 406 g/mol. The van der Waals surface area contributed by atoms with Crippen molar-refractivity contribution >= 4 is 26.8 Å². The molecule has 1 heterocycles. The van der Waals surface area contributed by atoms with Crippen molar-refractivity contribution in [2.24, 2.45) is 0 Å². The van der Waals surface area contributed by atoms with Crippen LogP contribution in [0.1, 0.15) is 15.9 Å². The average Bonchev–Trinajstić information content (AvgIpc) is 2.78. The van der Waals surface area contributed by atoms with Crippen LogP contribution in [0.2, 0.25) is 0 Å². The van der Waals surface area contributed by atoms with Crippen molar-refractivity contribution in [2.45, 2.75) is 11.5 Å². The second-order valence-electron chi connectivity index (χ2n) is 6.96. The summed E-state index contributed by atoms with van der Waals surface area (Å²) in [4.78, 5) is 12.6. The number of hydrogen-bond acceptors (Lipinski definition) is 6. The molecule has 0 atom stereocenters. The molecule has 1 aliphatic rings. The number of benzene rings is 3. The highest BCUT2D eigenvalue weighted by Crippen LogP contribution is 2.26. The van der Waals surface area contributed by atoms with Gasteiger partial charge in [0.1, 0.15) is 17.9 Å². The molecule has 4 rings (SSSR count). The number of sulfonamides is 1. The number of fused-ring (bicyclic) bond motifs is 1. The topological polar surface area (TPSA) is 93.1 Å². The molecule has 30 heavy (non-hydrogen) atoms. The quantitative estimate of drug-likeness (QED) is 0.630. The van der Waals surface area contributed by atoms with Gasteiger partial charge in [-0.3, -0.25) is 0 Å². The molecule has 0 aliphatic carbocycles. The Balaban J connectivity index is 1.50. The van der Waals surface area contributed by atoms with E-state index in [1.54, 1.807) is 18.2 Å². The summed E-state index contributed by atoms with van der Waals surface area (Å²) in [7, 11) is -3.63. The smallest absolute Gasteiger partial charge is 0.342 e. The van der Waals surface area contributed by atoms with E-state index in [1.165, 1.54) is 22.5 Å². The molecule has 0 unspecified atom stereocenters. The summed E-state index contributed by atoms with van der Waals surface area (Å²) in [6.45, 7) is 1.24. The number of esters is 1. The highest BCUT2D eigenvalue weighted by atomic mass is 32.2. The molecule has 1 aliphatic heterocycles. The summed E-state index contributed by atoms with van der Waals surface area (Å²) in [5.41, 5.74) is 0.601. The van der Waals surface area contributed by atoms with Crippen molar-refractivity contribution in [2.75, 3.05) is 26.3 Å². The molecule has 156 valence electrons. The van der Waals surface area contributed by atoms with Crippen LogP contribution in [0, 0.1) is 0 Å². The monoisotopic (exact) mass is 427 g/mol. The fraction of sp³-hybridized carbons (Fsp3) is 0.227. The van der Waals surface area contributed by atoms with Crippen LogP contribution < -0.4 is 0 Å². The number of aromatic hydroxyl groups is 1. The van der Waals surface area contributed by atoms with Gasteiger partial charge in [0, 0.05) is 13.1 Å². The molecule has 1 fully saturated rings. The lowest BCUT2D eigenvalue weighted by Gasteiger charge is -2.26. The molecule has 0 saturated carbocycles. The Morgan fingerprint density at radius 2 is 1.70 bits per heavy atom. The number of phenols is 1. The molecule has 8 heteroatoms. The Morgan fingerprint density at radius 1 is 1.00 bits per heavy atom. The van der Waals surface area contributed by atoms with Crippen LogP contribution in [0.5, 0.6) is 5.75 Å². The second-order valence-corrected chi connectivity index (χ2v) is 8.89. The first-order valence-electron chi connectivity index (χ1n) is 9.51. The summed E-state index contributed by atoms with van der Waals surface area (Å²) < 4.78 is 37.5. The van der Waals surface area contributed by atoms with Crippen molar-refractivity contribution in [3.8, 4) is 5.75 Å². The van der Waals surface area contributed by atoms with Crippen molar-refractivity contribution < 1.29 is 27.8 Å². The minimum atomic E-state index is -3.63. The second kappa shape index (κ2) is 8.43. The first-order valence-corrected chi connectivity index (χ1v) is 10.9. The number of phenolic OH excluding ortho intramolecular Hbond substituents is 1. The van der Waals surface area contributed by atoms with Crippen LogP contribution in [0.4, 0.5) is 0 Å². The van der Waals surface area contributed by atoms with Gasteiger partial charge in [-0.25, -0.2) is 13.2 Å². The highest BCUT2D eigenvalue weighted by Gasteiger charge is 2.26. The van der Waals surface area contributed by atoms with Gasteiger partial charge in [-0.15, -0.1) is 0 Å². The lowest BCUT2D eigenvalue weighted by atomic mass is 10.1. The van der Waals surface area contributed by atoms with Crippen molar-refractivity contribution in [3.63, 3.8) is 0 Å². The van der Waals surface area contributed by atoms with Crippen molar-refractivity contribution in [1.82, 2.24) is 4.31 Å². The molecule has 0 radical (unpaired) electrons. The summed E-state index contributed by atoms with van der Waals surface area (Å²) >= 11 is 0. The molecular formula is C22H21NO6S. The van der Waals surface area contributed by atoms with Crippen molar-refractivity contribution in [3.05, 3.63) is 71.8 Å². The Morgan fingerprint density at radius 3 is 2.43 bits per heavy atom. The molecule has 1 N–H and O–H groups in total. The maximum absolute atomic E-state index is 12.8. The predicted octanol–water partition coefficient (Wildman–Crippen LogP) is 2.92. The van der Waals surface area contributed by atoms with Crippen LogP contribution in [0.15, 0.2) is 65.6 Å². The van der Waals surface area contributed by atoms with Gasteiger partial charge in [0.15, 0.2) is 0 Å². The molecule has 7 nitrogen and oxygen atoms in total. The lowest BCUT2D eigenvalue weighted by Crippen LogP contribution is -2.40. The Kier molecular flexibility index (Phi) is 5.72. The van der Waals surface area contributed by atoms with Gasteiger partial charge in [0.25, 0.3) is 0 Å². The third-order valence-corrected chi connectivity index (χ3v) is 6.85. The largest absolute Gasteiger partial charge is 0.507 e. The lowest BCUT2D eigenvalue weighted by molar-refractivity contribution is 0.0469. The van der Waals surface area contributed by atoms with E-state index in [0.717, 1.165) is 10.8 Å². The Labute approximate surface area is 174 Å². The van der Waals surface area contributed by atoms with Crippen LogP contribution in [0.25, 0.3) is 10.8 Å². The normalized spacial score (nSPS) is 15.2.